The molecule has 2 heterocycles. The average molecular weight is 337 g/mol. The molecule has 0 amide bonds. The quantitative estimate of drug-likeness (QED) is 0.643. The number of thiazole rings is 1. The second-order valence-corrected chi connectivity index (χ2v) is 7.44. The van der Waals surface area contributed by atoms with Gasteiger partial charge >= 0.3 is 0 Å². The predicted molar refractivity (Wildman–Crippen MR) is 103 cm³/mol. The van der Waals surface area contributed by atoms with Crippen molar-refractivity contribution >= 4 is 26.8 Å². The van der Waals surface area contributed by atoms with E-state index >= 15 is 0 Å². The van der Waals surface area contributed by atoms with Gasteiger partial charge in [-0.3, -0.25) is 0 Å². The maximum absolute atomic E-state index is 4.95. The lowest BCUT2D eigenvalue weighted by Crippen LogP contribution is -2.00. The molecule has 0 fully saturated rings. The fourth-order valence-electron chi connectivity index (χ4n) is 3.49. The Balaban J connectivity index is 1.93. The molecule has 0 aliphatic heterocycles. The molecular weight excluding hydrogens is 314 g/mol. The molecule has 1 aliphatic rings. The van der Waals surface area contributed by atoms with Crippen molar-refractivity contribution in [3.05, 3.63) is 41.6 Å². The van der Waals surface area contributed by atoms with Crippen LogP contribution in [0.3, 0.4) is 0 Å². The van der Waals surface area contributed by atoms with Gasteiger partial charge in [0.15, 0.2) is 10.8 Å². The van der Waals surface area contributed by atoms with Crippen molar-refractivity contribution in [2.24, 2.45) is 0 Å². The van der Waals surface area contributed by atoms with Crippen LogP contribution in [0, 0.1) is 0 Å². The third-order valence-electron chi connectivity index (χ3n) is 4.66. The molecule has 1 aliphatic carbocycles. The van der Waals surface area contributed by atoms with E-state index in [0.29, 0.717) is 0 Å². The summed E-state index contributed by atoms with van der Waals surface area (Å²) < 4.78 is 1.24. The zero-order valence-corrected chi connectivity index (χ0v) is 15.0. The molecule has 3 nitrogen and oxygen atoms in total. The van der Waals surface area contributed by atoms with Gasteiger partial charge in [-0.15, -0.1) is 0 Å². The Morgan fingerprint density at radius 2 is 1.88 bits per heavy atom. The fourth-order valence-corrected chi connectivity index (χ4v) is 4.52. The van der Waals surface area contributed by atoms with Crippen molar-refractivity contribution in [1.82, 2.24) is 9.97 Å². The normalized spacial score (nSPS) is 14.4. The molecule has 124 valence electrons. The highest BCUT2D eigenvalue weighted by molar-refractivity contribution is 7.22. The highest BCUT2D eigenvalue weighted by Gasteiger charge is 2.21. The summed E-state index contributed by atoms with van der Waals surface area (Å²) >= 11 is 1.75. The number of aromatic nitrogens is 2. The lowest BCUT2D eigenvalue weighted by molar-refractivity contribution is 0.709. The molecule has 4 rings (SSSR count). The van der Waals surface area contributed by atoms with Crippen molar-refractivity contribution in [3.63, 3.8) is 0 Å². The maximum Gasteiger partial charge on any atom is 0.185 e. The molecule has 2 aromatic heterocycles. The van der Waals surface area contributed by atoms with Gasteiger partial charge in [-0.05, 0) is 43.2 Å². The van der Waals surface area contributed by atoms with Crippen molar-refractivity contribution in [2.75, 3.05) is 11.9 Å². The minimum Gasteiger partial charge on any atom is -0.361 e. The van der Waals surface area contributed by atoms with Crippen molar-refractivity contribution in [3.8, 4) is 11.1 Å². The monoisotopic (exact) mass is 337 g/mol. The van der Waals surface area contributed by atoms with Crippen LogP contribution in [0.25, 0.3) is 21.5 Å². The molecule has 1 aromatic carbocycles. The molecule has 0 radical (unpaired) electrons. The minimum atomic E-state index is 0.915. The number of fused-ring (bicyclic) bond motifs is 2. The third kappa shape index (κ3) is 2.91. The van der Waals surface area contributed by atoms with Crippen LogP contribution in [-0.2, 0) is 12.8 Å². The molecule has 0 unspecified atom stereocenters. The molecule has 3 aromatic rings. The van der Waals surface area contributed by atoms with Gasteiger partial charge in [-0.25, -0.2) is 9.97 Å². The molecule has 24 heavy (non-hydrogen) atoms. The second-order valence-electron chi connectivity index (χ2n) is 6.44. The van der Waals surface area contributed by atoms with Crippen LogP contribution in [0.2, 0.25) is 0 Å². The molecule has 1 N–H and O–H groups in total. The first kappa shape index (κ1) is 15.6. The molecule has 4 heteroatoms. The first-order valence-corrected chi connectivity index (χ1v) is 9.80. The number of benzene rings is 1. The summed E-state index contributed by atoms with van der Waals surface area (Å²) in [6, 6.07) is 10.8. The molecule has 0 bridgehead atoms. The Hall–Kier alpha value is -1.94. The highest BCUT2D eigenvalue weighted by atomic mass is 32.1. The second kappa shape index (κ2) is 6.89. The summed E-state index contributed by atoms with van der Waals surface area (Å²) in [5.74, 6) is 0. The number of pyridine rings is 1. The number of hydrogen-bond donors (Lipinski definition) is 1. The van der Waals surface area contributed by atoms with E-state index in [2.05, 4.69) is 42.6 Å². The molecule has 0 saturated heterocycles. The van der Waals surface area contributed by atoms with Crippen LogP contribution in [0.1, 0.15) is 43.9 Å². The molecule has 0 spiro atoms. The van der Waals surface area contributed by atoms with Gasteiger partial charge in [-0.2, -0.15) is 0 Å². The summed E-state index contributed by atoms with van der Waals surface area (Å²) in [5.41, 5.74) is 6.31. The Bertz CT molecular complexity index is 839. The fraction of sp³-hybridized carbons (Fsp3) is 0.400. The van der Waals surface area contributed by atoms with E-state index in [1.807, 2.05) is 0 Å². The van der Waals surface area contributed by atoms with E-state index in [-0.39, 0.29) is 0 Å². The summed E-state index contributed by atoms with van der Waals surface area (Å²) in [6.45, 7) is 3.14. The third-order valence-corrected chi connectivity index (χ3v) is 5.68. The largest absolute Gasteiger partial charge is 0.361 e. The maximum atomic E-state index is 4.95. The Kier molecular flexibility index (Phi) is 4.48. The van der Waals surface area contributed by atoms with Crippen LogP contribution >= 0.6 is 11.3 Å². The van der Waals surface area contributed by atoms with Gasteiger partial charge in [0.2, 0.25) is 0 Å². The lowest BCUT2D eigenvalue weighted by Gasteiger charge is -2.13. The molecule has 0 atom stereocenters. The zero-order valence-electron chi connectivity index (χ0n) is 14.1. The van der Waals surface area contributed by atoms with Gasteiger partial charge < -0.3 is 5.32 Å². The van der Waals surface area contributed by atoms with E-state index in [1.54, 1.807) is 11.3 Å². The number of hydrogen-bond acceptors (Lipinski definition) is 4. The van der Waals surface area contributed by atoms with Crippen LogP contribution < -0.4 is 5.32 Å². The van der Waals surface area contributed by atoms with E-state index in [0.717, 1.165) is 36.6 Å². The van der Waals surface area contributed by atoms with Gasteiger partial charge in [0.1, 0.15) is 0 Å². The minimum absolute atomic E-state index is 0.915. The Labute approximate surface area is 147 Å². The van der Waals surface area contributed by atoms with Crippen molar-refractivity contribution in [2.45, 2.75) is 45.4 Å². The number of nitrogens with zero attached hydrogens (tertiary/aromatic N) is 2. The van der Waals surface area contributed by atoms with Crippen LogP contribution in [0.4, 0.5) is 5.13 Å². The zero-order chi connectivity index (χ0) is 16.4. The summed E-state index contributed by atoms with van der Waals surface area (Å²) in [5, 5.41) is 4.43. The molecular formula is C20H23N3S. The van der Waals surface area contributed by atoms with Gasteiger partial charge in [0.05, 0.1) is 4.70 Å². The van der Waals surface area contributed by atoms with Crippen molar-refractivity contribution < 1.29 is 0 Å². The van der Waals surface area contributed by atoms with Gasteiger partial charge in [0.25, 0.3) is 0 Å². The van der Waals surface area contributed by atoms with Crippen LogP contribution in [0.5, 0.6) is 0 Å². The van der Waals surface area contributed by atoms with Crippen molar-refractivity contribution in [1.29, 1.82) is 0 Å². The summed E-state index contributed by atoms with van der Waals surface area (Å²) in [6.07, 6.45) is 7.13. The number of rotatable bonds is 4. The topological polar surface area (TPSA) is 37.8 Å². The Morgan fingerprint density at radius 1 is 1.04 bits per heavy atom. The van der Waals surface area contributed by atoms with E-state index in [1.165, 1.54) is 46.3 Å². The number of aryl methyl sites for hydroxylation is 1. The lowest BCUT2D eigenvalue weighted by atomic mass is 9.96. The average Bonchev–Trinajstić information content (AvgIpc) is 2.87. The van der Waals surface area contributed by atoms with Gasteiger partial charge in [-0.1, -0.05) is 55.0 Å². The van der Waals surface area contributed by atoms with E-state index in [9.17, 15) is 0 Å². The van der Waals surface area contributed by atoms with E-state index in [4.69, 9.17) is 9.97 Å². The number of nitrogens with one attached hydrogen (secondary N) is 1. The molecule has 0 saturated carbocycles. The summed E-state index contributed by atoms with van der Waals surface area (Å²) in [7, 11) is 0. The Morgan fingerprint density at radius 3 is 2.71 bits per heavy atom. The smallest absolute Gasteiger partial charge is 0.185 e. The van der Waals surface area contributed by atoms with E-state index < -0.39 is 0 Å². The number of anilines is 1. The highest BCUT2D eigenvalue weighted by Crippen LogP contribution is 2.39. The SMILES string of the molecule is CCCNc1nc2nc3c(c(-c4ccccc4)c2s1)CCCCC3. The van der Waals surface area contributed by atoms with Crippen LogP contribution in [-0.4, -0.2) is 16.5 Å². The standard InChI is InChI=1S/C20H23N3S/c1-2-13-21-20-23-19-18(24-20)17(14-9-5-3-6-10-14)15-11-7-4-8-12-16(15)22-19/h3,5-6,9-10H,2,4,7-8,11-13H2,1H3,(H,21,22,23). The van der Waals surface area contributed by atoms with Crippen LogP contribution in [0.15, 0.2) is 30.3 Å². The first-order valence-electron chi connectivity index (χ1n) is 8.98. The van der Waals surface area contributed by atoms with Gasteiger partial charge in [0, 0.05) is 17.8 Å². The summed E-state index contributed by atoms with van der Waals surface area (Å²) in [4.78, 5) is 9.72. The first-order chi connectivity index (χ1) is 11.9. The predicted octanol–water partition coefficient (Wildman–Crippen LogP) is 5.45.